The maximum Gasteiger partial charge on any atom is 0.277 e. The van der Waals surface area contributed by atoms with Crippen LogP contribution in [0.5, 0.6) is 0 Å². The van der Waals surface area contributed by atoms with Crippen LogP contribution in [0.15, 0.2) is 40.0 Å². The van der Waals surface area contributed by atoms with Crippen molar-refractivity contribution in [3.05, 3.63) is 41.8 Å². The Labute approximate surface area is 111 Å². The molecule has 0 amide bonds. The molecular weight excluding hydrogens is 246 g/mol. The largest absolute Gasteiger partial charge is 0.410 e. The zero-order valence-electron chi connectivity index (χ0n) is 10.7. The third kappa shape index (κ3) is 3.34. The summed E-state index contributed by atoms with van der Waals surface area (Å²) < 4.78 is 5.61. The summed E-state index contributed by atoms with van der Waals surface area (Å²) in [5, 5.41) is 8.70. The Balaban J connectivity index is 1.95. The van der Waals surface area contributed by atoms with E-state index in [4.69, 9.17) is 4.42 Å². The van der Waals surface area contributed by atoms with Crippen LogP contribution >= 0.6 is 11.8 Å². The van der Waals surface area contributed by atoms with Gasteiger partial charge in [0.1, 0.15) is 0 Å². The number of quaternary nitrogens is 1. The maximum atomic E-state index is 5.61. The van der Waals surface area contributed by atoms with E-state index in [0.717, 1.165) is 5.75 Å². The van der Waals surface area contributed by atoms with Crippen LogP contribution in [-0.2, 0) is 5.75 Å². The summed E-state index contributed by atoms with van der Waals surface area (Å²) in [4.78, 5) is 0. The highest BCUT2D eigenvalue weighted by Crippen LogP contribution is 2.24. The lowest BCUT2D eigenvalue weighted by atomic mass is 10.1. The molecule has 0 radical (unpaired) electrons. The molecule has 0 bridgehead atoms. The highest BCUT2D eigenvalue weighted by Gasteiger charge is 2.21. The van der Waals surface area contributed by atoms with Gasteiger partial charge in [-0.1, -0.05) is 55.9 Å². The summed E-state index contributed by atoms with van der Waals surface area (Å²) in [5.41, 5.74) is 5.28. The average molecular weight is 264 g/mol. The molecule has 1 heterocycles. The Hall–Kier alpha value is -1.33. The van der Waals surface area contributed by atoms with Gasteiger partial charge in [0.15, 0.2) is 6.04 Å². The second kappa shape index (κ2) is 6.02. The minimum absolute atomic E-state index is 0.0589. The second-order valence-electron chi connectivity index (χ2n) is 4.53. The van der Waals surface area contributed by atoms with Crippen molar-refractivity contribution in [2.24, 2.45) is 5.92 Å². The Morgan fingerprint density at radius 2 is 1.94 bits per heavy atom. The highest BCUT2D eigenvalue weighted by atomic mass is 32.2. The molecule has 0 saturated carbocycles. The topological polar surface area (TPSA) is 66.6 Å². The van der Waals surface area contributed by atoms with Crippen LogP contribution in [0.1, 0.15) is 31.3 Å². The first kappa shape index (κ1) is 13.1. The van der Waals surface area contributed by atoms with Gasteiger partial charge in [0.05, 0.1) is 0 Å². The van der Waals surface area contributed by atoms with Gasteiger partial charge in [0, 0.05) is 11.7 Å². The lowest BCUT2D eigenvalue weighted by Crippen LogP contribution is -2.56. The quantitative estimate of drug-likeness (QED) is 0.841. The Bertz CT molecular complexity index is 484. The van der Waals surface area contributed by atoms with Gasteiger partial charge < -0.3 is 10.2 Å². The average Bonchev–Trinajstić information content (AvgIpc) is 2.85. The van der Waals surface area contributed by atoms with Crippen LogP contribution in [-0.4, -0.2) is 10.2 Å². The summed E-state index contributed by atoms with van der Waals surface area (Å²) in [6, 6.07) is 10.3. The molecule has 0 aliphatic carbocycles. The fourth-order valence-corrected chi connectivity index (χ4v) is 2.16. The van der Waals surface area contributed by atoms with Crippen molar-refractivity contribution >= 4 is 11.8 Å². The molecule has 1 atom stereocenters. The normalized spacial score (nSPS) is 12.9. The van der Waals surface area contributed by atoms with Gasteiger partial charge in [0.2, 0.25) is 0 Å². The summed E-state index contributed by atoms with van der Waals surface area (Å²) in [7, 11) is 0. The third-order valence-corrected chi connectivity index (χ3v) is 3.64. The molecule has 0 unspecified atom stereocenters. The van der Waals surface area contributed by atoms with Crippen molar-refractivity contribution in [3.63, 3.8) is 0 Å². The summed E-state index contributed by atoms with van der Waals surface area (Å²) in [5.74, 6) is 1.87. The second-order valence-corrected chi connectivity index (χ2v) is 5.46. The van der Waals surface area contributed by atoms with Crippen LogP contribution in [0.3, 0.4) is 0 Å². The number of thioether (sulfide) groups is 1. The van der Waals surface area contributed by atoms with E-state index in [2.05, 4.69) is 41.9 Å². The first-order chi connectivity index (χ1) is 8.66. The first-order valence-electron chi connectivity index (χ1n) is 6.00. The number of aromatic nitrogens is 2. The van der Waals surface area contributed by atoms with Gasteiger partial charge in [-0.15, -0.1) is 10.2 Å². The standard InChI is InChI=1S/C13H17N3OS/c1-9(2)11(14)12-15-16-13(17-12)18-8-10-6-4-3-5-7-10/h3-7,9,11H,8,14H2,1-2H3/p+1/t11-/m0/s1. The molecule has 2 rings (SSSR count). The minimum Gasteiger partial charge on any atom is -0.410 e. The van der Waals surface area contributed by atoms with Crippen molar-refractivity contribution in [3.8, 4) is 0 Å². The molecule has 1 aromatic carbocycles. The molecule has 96 valence electrons. The maximum absolute atomic E-state index is 5.61. The van der Waals surface area contributed by atoms with Gasteiger partial charge in [-0.25, -0.2) is 0 Å². The molecule has 5 heteroatoms. The van der Waals surface area contributed by atoms with Gasteiger partial charge in [0.25, 0.3) is 11.1 Å². The van der Waals surface area contributed by atoms with E-state index in [1.807, 2.05) is 18.2 Å². The molecule has 1 aromatic heterocycles. The van der Waals surface area contributed by atoms with Gasteiger partial charge in [-0.2, -0.15) is 0 Å². The van der Waals surface area contributed by atoms with Crippen LogP contribution in [0, 0.1) is 5.92 Å². The zero-order valence-corrected chi connectivity index (χ0v) is 11.5. The molecule has 0 aliphatic rings. The van der Waals surface area contributed by atoms with Crippen molar-refractivity contribution in [1.82, 2.24) is 10.2 Å². The lowest BCUT2D eigenvalue weighted by molar-refractivity contribution is -0.443. The molecule has 2 aromatic rings. The highest BCUT2D eigenvalue weighted by molar-refractivity contribution is 7.98. The van der Waals surface area contributed by atoms with Gasteiger partial charge in [-0.3, -0.25) is 0 Å². The van der Waals surface area contributed by atoms with E-state index in [-0.39, 0.29) is 6.04 Å². The molecular formula is C13H18N3OS+. The van der Waals surface area contributed by atoms with E-state index < -0.39 is 0 Å². The SMILES string of the molecule is CC(C)[C@H]([NH3+])c1nnc(SCc2ccccc2)o1. The number of hydrogen-bond donors (Lipinski definition) is 1. The predicted molar refractivity (Wildman–Crippen MR) is 70.8 cm³/mol. The number of rotatable bonds is 5. The van der Waals surface area contributed by atoms with Crippen molar-refractivity contribution < 1.29 is 10.2 Å². The van der Waals surface area contributed by atoms with Crippen LogP contribution in [0.25, 0.3) is 0 Å². The predicted octanol–water partition coefficient (Wildman–Crippen LogP) is 2.30. The van der Waals surface area contributed by atoms with Gasteiger partial charge in [-0.05, 0) is 5.56 Å². The van der Waals surface area contributed by atoms with Crippen molar-refractivity contribution in [2.45, 2.75) is 30.9 Å². The fraction of sp³-hybridized carbons (Fsp3) is 0.385. The minimum atomic E-state index is 0.0589. The van der Waals surface area contributed by atoms with E-state index in [0.29, 0.717) is 17.0 Å². The first-order valence-corrected chi connectivity index (χ1v) is 6.98. The van der Waals surface area contributed by atoms with Crippen LogP contribution < -0.4 is 5.73 Å². The summed E-state index contributed by atoms with van der Waals surface area (Å²) in [6.07, 6.45) is 0. The van der Waals surface area contributed by atoms with Crippen LogP contribution in [0.4, 0.5) is 0 Å². The molecule has 18 heavy (non-hydrogen) atoms. The molecule has 0 fully saturated rings. The van der Waals surface area contributed by atoms with Crippen molar-refractivity contribution in [1.29, 1.82) is 0 Å². The van der Waals surface area contributed by atoms with Gasteiger partial charge >= 0.3 is 0 Å². The molecule has 0 spiro atoms. The van der Waals surface area contributed by atoms with E-state index in [1.165, 1.54) is 5.56 Å². The van der Waals surface area contributed by atoms with Crippen molar-refractivity contribution in [2.75, 3.05) is 0 Å². The number of hydrogen-bond acceptors (Lipinski definition) is 4. The Morgan fingerprint density at radius 1 is 1.22 bits per heavy atom. The Morgan fingerprint density at radius 3 is 2.61 bits per heavy atom. The van der Waals surface area contributed by atoms with E-state index in [1.54, 1.807) is 11.8 Å². The Kier molecular flexibility index (Phi) is 4.38. The molecule has 0 saturated heterocycles. The third-order valence-electron chi connectivity index (χ3n) is 2.75. The van der Waals surface area contributed by atoms with Crippen LogP contribution in [0.2, 0.25) is 0 Å². The molecule has 3 N–H and O–H groups in total. The zero-order chi connectivity index (χ0) is 13.0. The lowest BCUT2D eigenvalue weighted by Gasteiger charge is -2.05. The molecule has 4 nitrogen and oxygen atoms in total. The smallest absolute Gasteiger partial charge is 0.277 e. The molecule has 0 aliphatic heterocycles. The summed E-state index contributed by atoms with van der Waals surface area (Å²) >= 11 is 1.56. The van der Waals surface area contributed by atoms with E-state index >= 15 is 0 Å². The monoisotopic (exact) mass is 264 g/mol. The summed E-state index contributed by atoms with van der Waals surface area (Å²) in [6.45, 7) is 4.19. The number of benzene rings is 1. The fourth-order valence-electron chi connectivity index (χ4n) is 1.43. The number of nitrogens with zero attached hydrogens (tertiary/aromatic N) is 2. The van der Waals surface area contributed by atoms with E-state index in [9.17, 15) is 0 Å².